The molecule has 0 unspecified atom stereocenters. The van der Waals surface area contributed by atoms with Gasteiger partial charge in [0.2, 0.25) is 0 Å². The van der Waals surface area contributed by atoms with Crippen LogP contribution >= 0.6 is 0 Å². The zero-order valence-corrected chi connectivity index (χ0v) is 14.1. The quantitative estimate of drug-likeness (QED) is 0.814. The molecule has 0 aliphatic carbocycles. The molecular formula is C15H16O6S2. The van der Waals surface area contributed by atoms with E-state index in [1.807, 2.05) is 0 Å². The number of aryl methyl sites for hydroxylation is 2. The maximum atomic E-state index is 11.5. The molecule has 0 atom stereocenters. The van der Waals surface area contributed by atoms with E-state index in [0.717, 1.165) is 11.1 Å². The van der Waals surface area contributed by atoms with Gasteiger partial charge < -0.3 is 0 Å². The summed E-state index contributed by atoms with van der Waals surface area (Å²) < 4.78 is 64.6. The minimum atomic E-state index is -4.44. The van der Waals surface area contributed by atoms with Gasteiger partial charge in [0.05, 0.1) is 9.79 Å². The molecule has 2 aromatic rings. The van der Waals surface area contributed by atoms with E-state index < -0.39 is 20.2 Å². The van der Waals surface area contributed by atoms with Gasteiger partial charge in [-0.1, -0.05) is 35.4 Å². The monoisotopic (exact) mass is 356 g/mol. The van der Waals surface area contributed by atoms with Gasteiger partial charge in [0, 0.05) is 6.42 Å². The van der Waals surface area contributed by atoms with E-state index in [0.29, 0.717) is 0 Å². The highest BCUT2D eigenvalue weighted by Crippen LogP contribution is 2.25. The van der Waals surface area contributed by atoms with E-state index in [4.69, 9.17) is 0 Å². The molecule has 0 aliphatic heterocycles. The van der Waals surface area contributed by atoms with Crippen LogP contribution in [0.5, 0.6) is 0 Å². The largest absolute Gasteiger partial charge is 0.294 e. The second kappa shape index (κ2) is 6.04. The highest BCUT2D eigenvalue weighted by atomic mass is 32.2. The van der Waals surface area contributed by atoms with Gasteiger partial charge in [-0.05, 0) is 37.1 Å². The van der Waals surface area contributed by atoms with E-state index in [2.05, 4.69) is 0 Å². The summed E-state index contributed by atoms with van der Waals surface area (Å²) in [7, 11) is -8.88. The Morgan fingerprint density at radius 2 is 1.09 bits per heavy atom. The first kappa shape index (κ1) is 17.6. The first-order valence-electron chi connectivity index (χ1n) is 6.62. The van der Waals surface area contributed by atoms with Crippen molar-refractivity contribution in [2.75, 3.05) is 0 Å². The summed E-state index contributed by atoms with van der Waals surface area (Å²) in [6.07, 6.45) is -0.0619. The van der Waals surface area contributed by atoms with Gasteiger partial charge in [-0.2, -0.15) is 16.8 Å². The summed E-state index contributed by atoms with van der Waals surface area (Å²) in [5, 5.41) is 0. The number of hydrogen-bond donors (Lipinski definition) is 2. The molecule has 0 saturated carbocycles. The fraction of sp³-hybridized carbons (Fsp3) is 0.200. The minimum absolute atomic E-state index is 0.0619. The smallest absolute Gasteiger partial charge is 0.282 e. The summed E-state index contributed by atoms with van der Waals surface area (Å²) in [4.78, 5) is -0.572. The lowest BCUT2D eigenvalue weighted by Crippen LogP contribution is -2.08. The van der Waals surface area contributed by atoms with Crippen molar-refractivity contribution in [1.29, 1.82) is 0 Å². The predicted molar refractivity (Wildman–Crippen MR) is 84.8 cm³/mol. The van der Waals surface area contributed by atoms with Crippen molar-refractivity contribution in [2.45, 2.75) is 30.1 Å². The molecule has 8 heteroatoms. The molecule has 0 bridgehead atoms. The van der Waals surface area contributed by atoms with Gasteiger partial charge in [-0.25, -0.2) is 0 Å². The molecule has 6 nitrogen and oxygen atoms in total. The predicted octanol–water partition coefficient (Wildman–Crippen LogP) is 2.39. The molecular weight excluding hydrogens is 340 g/mol. The number of rotatable bonds is 4. The summed E-state index contributed by atoms with van der Waals surface area (Å²) in [6, 6.07) is 8.71. The molecule has 2 aromatic carbocycles. The molecule has 0 aromatic heterocycles. The Labute approximate surface area is 135 Å². The molecule has 2 N–H and O–H groups in total. The van der Waals surface area contributed by atoms with Gasteiger partial charge in [-0.15, -0.1) is 0 Å². The van der Waals surface area contributed by atoms with Crippen molar-refractivity contribution < 1.29 is 25.9 Å². The highest BCUT2D eigenvalue weighted by Gasteiger charge is 2.20. The lowest BCUT2D eigenvalue weighted by Gasteiger charge is -2.12. The molecule has 0 fully saturated rings. The van der Waals surface area contributed by atoms with Crippen LogP contribution in [-0.2, 0) is 26.7 Å². The van der Waals surface area contributed by atoms with Crippen LogP contribution in [0, 0.1) is 13.8 Å². The second-order valence-corrected chi connectivity index (χ2v) is 8.13. The summed E-state index contributed by atoms with van der Waals surface area (Å²) >= 11 is 0. The Balaban J connectivity index is 2.65. The van der Waals surface area contributed by atoms with Crippen molar-refractivity contribution in [3.05, 3.63) is 58.7 Å². The van der Waals surface area contributed by atoms with Crippen molar-refractivity contribution >= 4 is 20.2 Å². The molecule has 0 radical (unpaired) electrons. The zero-order valence-electron chi connectivity index (χ0n) is 12.5. The summed E-state index contributed by atoms with van der Waals surface area (Å²) in [5.41, 5.74) is 2.02. The van der Waals surface area contributed by atoms with Gasteiger partial charge >= 0.3 is 0 Å². The molecule has 0 saturated heterocycles. The van der Waals surface area contributed by atoms with Crippen molar-refractivity contribution in [1.82, 2.24) is 0 Å². The van der Waals surface area contributed by atoms with Crippen LogP contribution in [0.1, 0.15) is 22.3 Å². The van der Waals surface area contributed by atoms with E-state index in [1.54, 1.807) is 26.0 Å². The van der Waals surface area contributed by atoms with Gasteiger partial charge in [-0.3, -0.25) is 9.11 Å². The first-order valence-corrected chi connectivity index (χ1v) is 9.50. The van der Waals surface area contributed by atoms with Crippen LogP contribution in [0.15, 0.2) is 46.2 Å². The second-order valence-electron chi connectivity index (χ2n) is 5.35. The minimum Gasteiger partial charge on any atom is -0.282 e. The SMILES string of the molecule is Cc1ccc(S(=O)(=O)O)c(Cc2cc(C)ccc2S(=O)(=O)O)c1. The molecule has 0 heterocycles. The van der Waals surface area contributed by atoms with E-state index >= 15 is 0 Å². The standard InChI is InChI=1S/C15H16O6S2/c1-10-3-5-14(22(16,17)18)12(7-10)9-13-8-11(2)4-6-15(13)23(19,20)21/h3-8H,9H2,1-2H3,(H,16,17,18)(H,19,20,21). The van der Waals surface area contributed by atoms with Gasteiger partial charge in [0.25, 0.3) is 20.2 Å². The molecule has 0 amide bonds. The Morgan fingerprint density at radius 3 is 1.39 bits per heavy atom. The Hall–Kier alpha value is -1.74. The van der Waals surface area contributed by atoms with Crippen molar-refractivity contribution in [3.63, 3.8) is 0 Å². The Bertz CT molecular complexity index is 880. The van der Waals surface area contributed by atoms with E-state index in [-0.39, 0.29) is 27.3 Å². The average Bonchev–Trinajstić information content (AvgIpc) is 2.35. The maximum absolute atomic E-state index is 11.5. The third-order valence-corrected chi connectivity index (χ3v) is 5.28. The Morgan fingerprint density at radius 1 is 0.739 bits per heavy atom. The number of benzene rings is 2. The zero-order chi connectivity index (χ0) is 17.4. The maximum Gasteiger partial charge on any atom is 0.294 e. The molecule has 0 spiro atoms. The van der Waals surface area contributed by atoms with E-state index in [1.165, 1.54) is 24.3 Å². The lowest BCUT2D eigenvalue weighted by atomic mass is 10.0. The first-order chi connectivity index (χ1) is 10.5. The van der Waals surface area contributed by atoms with Crippen LogP contribution in [0.2, 0.25) is 0 Å². The highest BCUT2D eigenvalue weighted by molar-refractivity contribution is 7.86. The van der Waals surface area contributed by atoms with Gasteiger partial charge in [0.1, 0.15) is 0 Å². The fourth-order valence-corrected chi connectivity index (χ4v) is 3.81. The van der Waals surface area contributed by atoms with Crippen LogP contribution in [-0.4, -0.2) is 25.9 Å². The molecule has 0 aliphatic rings. The Kier molecular flexibility index (Phi) is 4.63. The van der Waals surface area contributed by atoms with Crippen LogP contribution in [0.25, 0.3) is 0 Å². The third-order valence-electron chi connectivity index (χ3n) is 3.37. The van der Waals surface area contributed by atoms with Crippen LogP contribution in [0.3, 0.4) is 0 Å². The van der Waals surface area contributed by atoms with Crippen LogP contribution in [0.4, 0.5) is 0 Å². The molecule has 124 valence electrons. The lowest BCUT2D eigenvalue weighted by molar-refractivity contribution is 0.481. The average molecular weight is 356 g/mol. The molecule has 2 rings (SSSR count). The summed E-state index contributed by atoms with van der Waals surface area (Å²) in [6.45, 7) is 3.49. The third kappa shape index (κ3) is 4.17. The summed E-state index contributed by atoms with van der Waals surface area (Å²) in [5.74, 6) is 0. The van der Waals surface area contributed by atoms with E-state index in [9.17, 15) is 25.9 Å². The fourth-order valence-electron chi connectivity index (χ4n) is 2.40. The molecule has 23 heavy (non-hydrogen) atoms. The normalized spacial score (nSPS) is 12.3. The number of hydrogen-bond acceptors (Lipinski definition) is 4. The van der Waals surface area contributed by atoms with Crippen molar-refractivity contribution in [2.24, 2.45) is 0 Å². The van der Waals surface area contributed by atoms with Gasteiger partial charge in [0.15, 0.2) is 0 Å². The van der Waals surface area contributed by atoms with Crippen molar-refractivity contribution in [3.8, 4) is 0 Å². The van der Waals surface area contributed by atoms with Crippen LogP contribution < -0.4 is 0 Å². The topological polar surface area (TPSA) is 109 Å².